The van der Waals surface area contributed by atoms with Crippen molar-refractivity contribution in [2.45, 2.75) is 70.4 Å². The molecule has 2 aliphatic heterocycles. The number of hydroxylamine groups is 1. The zero-order valence-electron chi connectivity index (χ0n) is 19.5. The van der Waals surface area contributed by atoms with Gasteiger partial charge in [0.25, 0.3) is 0 Å². The van der Waals surface area contributed by atoms with Gasteiger partial charge in [-0.25, -0.2) is 15.1 Å². The third-order valence-electron chi connectivity index (χ3n) is 5.57. The van der Waals surface area contributed by atoms with Crippen molar-refractivity contribution < 1.29 is 29.1 Å². The number of hydrogen-bond acceptors (Lipinski definition) is 6. The Bertz CT molecular complexity index is 828. The molecular formula is C23H34N4O6. The summed E-state index contributed by atoms with van der Waals surface area (Å²) in [6.45, 7) is 6.45. The Hall–Kier alpha value is -2.85. The fraction of sp³-hybridized carbons (Fsp3) is 0.609. The van der Waals surface area contributed by atoms with Gasteiger partial charge in [0, 0.05) is 19.1 Å². The van der Waals surface area contributed by atoms with Crippen molar-refractivity contribution in [2.24, 2.45) is 0 Å². The van der Waals surface area contributed by atoms with Gasteiger partial charge in [-0.15, -0.1) is 0 Å². The van der Waals surface area contributed by atoms with Gasteiger partial charge in [-0.3, -0.25) is 14.5 Å². The van der Waals surface area contributed by atoms with Crippen LogP contribution in [0.15, 0.2) is 30.3 Å². The molecule has 3 atom stereocenters. The molecule has 2 aliphatic rings. The second-order valence-electron chi connectivity index (χ2n) is 9.50. The third-order valence-corrected chi connectivity index (χ3v) is 5.57. The maximum Gasteiger partial charge on any atom is 0.410 e. The number of aliphatic hydroxyl groups excluding tert-OH is 1. The topological polar surface area (TPSA) is 120 Å². The van der Waals surface area contributed by atoms with Gasteiger partial charge in [0.2, 0.25) is 5.91 Å². The standard InChI is InChI=1S/C23H34N4O6/c1-23(2,3)33-25-21(30)26-12-11-17(13-26)24-20(29)19-10-9-18(28)14-27(19)22(31)32-15-16-7-5-4-6-8-16/h4-8,17-19,28H,9-15H2,1-3H3,(H,24,29)(H,25,30)/t17?,18-,19-/m1/s1. The summed E-state index contributed by atoms with van der Waals surface area (Å²) in [4.78, 5) is 46.2. The normalized spacial score (nSPS) is 23.2. The van der Waals surface area contributed by atoms with E-state index in [4.69, 9.17) is 9.57 Å². The Balaban J connectivity index is 1.52. The Labute approximate surface area is 194 Å². The van der Waals surface area contributed by atoms with Crippen molar-refractivity contribution in [3.8, 4) is 0 Å². The number of nitrogens with one attached hydrogen (secondary N) is 2. The lowest BCUT2D eigenvalue weighted by molar-refractivity contribution is -0.129. The zero-order valence-corrected chi connectivity index (χ0v) is 19.5. The quantitative estimate of drug-likeness (QED) is 0.574. The van der Waals surface area contributed by atoms with Gasteiger partial charge in [0.05, 0.1) is 18.2 Å². The largest absolute Gasteiger partial charge is 0.445 e. The van der Waals surface area contributed by atoms with Crippen LogP contribution in [-0.4, -0.2) is 76.4 Å². The third kappa shape index (κ3) is 7.33. The fourth-order valence-electron chi connectivity index (χ4n) is 3.85. The minimum absolute atomic E-state index is 0.0368. The summed E-state index contributed by atoms with van der Waals surface area (Å²) < 4.78 is 5.39. The molecule has 33 heavy (non-hydrogen) atoms. The summed E-state index contributed by atoms with van der Waals surface area (Å²) in [5.41, 5.74) is 2.76. The maximum atomic E-state index is 13.0. The van der Waals surface area contributed by atoms with E-state index in [0.29, 0.717) is 32.4 Å². The lowest BCUT2D eigenvalue weighted by Crippen LogP contribution is -2.56. The predicted octanol–water partition coefficient (Wildman–Crippen LogP) is 1.78. The first-order chi connectivity index (χ1) is 15.6. The molecule has 1 aromatic carbocycles. The van der Waals surface area contributed by atoms with Crippen LogP contribution in [0, 0.1) is 0 Å². The van der Waals surface area contributed by atoms with E-state index in [0.717, 1.165) is 5.56 Å². The number of rotatable bonds is 5. The molecule has 0 aromatic heterocycles. The number of likely N-dealkylation sites (tertiary alicyclic amines) is 2. The number of urea groups is 1. The molecule has 0 spiro atoms. The van der Waals surface area contributed by atoms with Crippen LogP contribution in [0.1, 0.15) is 45.6 Å². The molecule has 1 unspecified atom stereocenters. The van der Waals surface area contributed by atoms with Crippen molar-refractivity contribution in [3.63, 3.8) is 0 Å². The highest BCUT2D eigenvalue weighted by Gasteiger charge is 2.38. The van der Waals surface area contributed by atoms with E-state index in [1.807, 2.05) is 51.1 Å². The second kappa shape index (κ2) is 10.8. The van der Waals surface area contributed by atoms with Crippen LogP contribution < -0.4 is 10.8 Å². The zero-order chi connectivity index (χ0) is 24.0. The van der Waals surface area contributed by atoms with Crippen molar-refractivity contribution in [1.29, 1.82) is 0 Å². The molecule has 2 heterocycles. The number of carbonyl (C=O) groups excluding carboxylic acids is 3. The summed E-state index contributed by atoms with van der Waals surface area (Å²) in [6.07, 6.45) is 0.0205. The van der Waals surface area contributed by atoms with Gasteiger partial charge in [-0.1, -0.05) is 30.3 Å². The highest BCUT2D eigenvalue weighted by molar-refractivity contribution is 5.86. The molecule has 10 heteroatoms. The van der Waals surface area contributed by atoms with Gasteiger partial charge in [0.1, 0.15) is 12.6 Å². The van der Waals surface area contributed by atoms with E-state index in [1.54, 1.807) is 4.90 Å². The Morgan fingerprint density at radius 2 is 1.82 bits per heavy atom. The molecule has 0 radical (unpaired) electrons. The number of hydrogen-bond donors (Lipinski definition) is 3. The van der Waals surface area contributed by atoms with Crippen LogP contribution in [0.3, 0.4) is 0 Å². The minimum Gasteiger partial charge on any atom is -0.445 e. The molecule has 0 saturated carbocycles. The lowest BCUT2D eigenvalue weighted by atomic mass is 9.99. The highest BCUT2D eigenvalue weighted by Crippen LogP contribution is 2.20. The Kier molecular flexibility index (Phi) is 8.15. The van der Waals surface area contributed by atoms with E-state index < -0.39 is 23.8 Å². The molecule has 10 nitrogen and oxygen atoms in total. The monoisotopic (exact) mass is 462 g/mol. The van der Waals surface area contributed by atoms with Gasteiger partial charge in [-0.2, -0.15) is 0 Å². The van der Waals surface area contributed by atoms with E-state index in [9.17, 15) is 19.5 Å². The number of ether oxygens (including phenoxy) is 1. The molecule has 3 rings (SSSR count). The number of amides is 4. The average molecular weight is 463 g/mol. The fourth-order valence-corrected chi connectivity index (χ4v) is 3.85. The smallest absolute Gasteiger partial charge is 0.410 e. The highest BCUT2D eigenvalue weighted by atomic mass is 16.7. The summed E-state index contributed by atoms with van der Waals surface area (Å²) in [5, 5.41) is 13.0. The number of benzene rings is 1. The first kappa shape index (κ1) is 24.8. The summed E-state index contributed by atoms with van der Waals surface area (Å²) >= 11 is 0. The van der Waals surface area contributed by atoms with Gasteiger partial charge < -0.3 is 20.1 Å². The van der Waals surface area contributed by atoms with Gasteiger partial charge in [-0.05, 0) is 45.6 Å². The molecule has 0 bridgehead atoms. The predicted molar refractivity (Wildman–Crippen MR) is 120 cm³/mol. The van der Waals surface area contributed by atoms with Crippen LogP contribution >= 0.6 is 0 Å². The van der Waals surface area contributed by atoms with Crippen molar-refractivity contribution in [3.05, 3.63) is 35.9 Å². The second-order valence-corrected chi connectivity index (χ2v) is 9.50. The first-order valence-electron chi connectivity index (χ1n) is 11.3. The van der Waals surface area contributed by atoms with Crippen LogP contribution in [0.2, 0.25) is 0 Å². The average Bonchev–Trinajstić information content (AvgIpc) is 3.24. The van der Waals surface area contributed by atoms with Gasteiger partial charge >= 0.3 is 12.1 Å². The van der Waals surface area contributed by atoms with Crippen LogP contribution in [0.25, 0.3) is 0 Å². The summed E-state index contributed by atoms with van der Waals surface area (Å²) in [5.74, 6) is -0.309. The number of nitrogens with zero attached hydrogens (tertiary/aromatic N) is 2. The molecule has 1 aromatic rings. The lowest BCUT2D eigenvalue weighted by Gasteiger charge is -2.36. The Morgan fingerprint density at radius 3 is 2.52 bits per heavy atom. The number of aliphatic hydroxyl groups is 1. The van der Waals surface area contributed by atoms with Crippen LogP contribution in [0.5, 0.6) is 0 Å². The molecule has 2 saturated heterocycles. The molecule has 3 N–H and O–H groups in total. The number of carbonyl (C=O) groups is 3. The molecule has 2 fully saturated rings. The maximum absolute atomic E-state index is 13.0. The van der Waals surface area contributed by atoms with E-state index in [1.165, 1.54) is 4.90 Å². The van der Waals surface area contributed by atoms with E-state index in [-0.39, 0.29) is 31.1 Å². The molecular weight excluding hydrogens is 428 g/mol. The minimum atomic E-state index is -0.733. The van der Waals surface area contributed by atoms with Crippen molar-refractivity contribution >= 4 is 18.0 Å². The summed E-state index contributed by atoms with van der Waals surface area (Å²) in [6, 6.07) is 7.95. The molecule has 4 amide bonds. The molecule has 182 valence electrons. The van der Waals surface area contributed by atoms with Crippen molar-refractivity contribution in [2.75, 3.05) is 19.6 Å². The first-order valence-corrected chi connectivity index (χ1v) is 11.3. The van der Waals surface area contributed by atoms with Crippen molar-refractivity contribution in [1.82, 2.24) is 20.6 Å². The van der Waals surface area contributed by atoms with Gasteiger partial charge in [0.15, 0.2) is 0 Å². The van der Waals surface area contributed by atoms with E-state index in [2.05, 4.69) is 10.8 Å². The molecule has 0 aliphatic carbocycles. The number of β-amino-alcohol motifs (C(OH)–C–C–N with tert-alkyl or cyclic N) is 1. The van der Waals surface area contributed by atoms with E-state index >= 15 is 0 Å². The SMILES string of the molecule is CC(C)(C)ONC(=O)N1CCC(NC(=O)[C@H]2CC[C@@H](O)CN2C(=O)OCc2ccccc2)C1. The van der Waals surface area contributed by atoms with Crippen LogP contribution in [-0.2, 0) is 21.0 Å². The Morgan fingerprint density at radius 1 is 1.09 bits per heavy atom. The van der Waals surface area contributed by atoms with Crippen LogP contribution in [0.4, 0.5) is 9.59 Å². The number of piperidine rings is 1. The summed E-state index contributed by atoms with van der Waals surface area (Å²) in [7, 11) is 0.